The van der Waals surface area contributed by atoms with Crippen molar-refractivity contribution in [3.8, 4) is 17.2 Å². The lowest BCUT2D eigenvalue weighted by Gasteiger charge is -2.36. The molecule has 0 aliphatic heterocycles. The lowest BCUT2D eigenvalue weighted by atomic mass is 9.66. The van der Waals surface area contributed by atoms with Crippen LogP contribution in [0.5, 0.6) is 17.2 Å². The topological polar surface area (TPSA) is 84.9 Å². The zero-order valence-electron chi connectivity index (χ0n) is 14.5. The largest absolute Gasteiger partial charge is 0.494 e. The Morgan fingerprint density at radius 1 is 1.12 bits per heavy atom. The lowest BCUT2D eigenvalue weighted by molar-refractivity contribution is -0.157. The van der Waals surface area contributed by atoms with Gasteiger partial charge in [0.25, 0.3) is 0 Å². The Bertz CT molecular complexity index is 799. The van der Waals surface area contributed by atoms with Crippen LogP contribution in [0.1, 0.15) is 25.7 Å². The Balaban J connectivity index is 1.69. The lowest BCUT2D eigenvalue weighted by Crippen LogP contribution is -2.41. The highest BCUT2D eigenvalue weighted by molar-refractivity contribution is 5.95. The molecular weight excluding hydrogens is 334 g/mol. The monoisotopic (exact) mass is 355 g/mol. The van der Waals surface area contributed by atoms with Gasteiger partial charge >= 0.3 is 5.97 Å². The molecule has 1 aliphatic rings. The average molecular weight is 355 g/mol. The fourth-order valence-corrected chi connectivity index (χ4v) is 3.03. The normalized spacial score (nSPS) is 14.8. The van der Waals surface area contributed by atoms with E-state index in [2.05, 4.69) is 5.32 Å². The highest BCUT2D eigenvalue weighted by atomic mass is 16.5. The molecule has 3 rings (SSSR count). The molecule has 0 bridgehead atoms. The van der Waals surface area contributed by atoms with Crippen molar-refractivity contribution in [1.82, 2.24) is 0 Å². The van der Waals surface area contributed by atoms with Crippen LogP contribution in [0.4, 0.5) is 5.69 Å². The summed E-state index contributed by atoms with van der Waals surface area (Å²) in [6.07, 6.45) is 1.88. The van der Waals surface area contributed by atoms with Crippen molar-refractivity contribution in [2.75, 3.05) is 12.4 Å². The van der Waals surface area contributed by atoms with Crippen LogP contribution in [0.25, 0.3) is 0 Å². The fraction of sp³-hybridized carbons (Fsp3) is 0.300. The average Bonchev–Trinajstić information content (AvgIpc) is 2.60. The molecule has 6 nitrogen and oxygen atoms in total. The molecule has 1 saturated carbocycles. The quantitative estimate of drug-likeness (QED) is 0.782. The first-order valence-electron chi connectivity index (χ1n) is 8.47. The molecule has 0 radical (unpaired) electrons. The molecular formula is C20H21NO5. The first-order chi connectivity index (χ1) is 12.5. The van der Waals surface area contributed by atoms with Gasteiger partial charge in [0.2, 0.25) is 5.91 Å². The summed E-state index contributed by atoms with van der Waals surface area (Å²) in [4.78, 5) is 23.7. The molecule has 0 unspecified atom stereocenters. The summed E-state index contributed by atoms with van der Waals surface area (Å²) >= 11 is 0. The van der Waals surface area contributed by atoms with Crippen LogP contribution in [0.3, 0.4) is 0 Å². The molecule has 26 heavy (non-hydrogen) atoms. The smallest absolute Gasteiger partial charge is 0.310 e. The van der Waals surface area contributed by atoms with E-state index in [-0.39, 0.29) is 12.3 Å². The van der Waals surface area contributed by atoms with Crippen molar-refractivity contribution in [1.29, 1.82) is 0 Å². The highest BCUT2D eigenvalue weighted by Crippen LogP contribution is 2.44. The number of carbonyl (C=O) groups is 2. The molecule has 0 spiro atoms. The molecule has 1 fully saturated rings. The second-order valence-corrected chi connectivity index (χ2v) is 6.44. The summed E-state index contributed by atoms with van der Waals surface area (Å²) < 4.78 is 11.1. The van der Waals surface area contributed by atoms with E-state index in [1.807, 2.05) is 30.3 Å². The van der Waals surface area contributed by atoms with E-state index in [4.69, 9.17) is 9.47 Å². The summed E-state index contributed by atoms with van der Waals surface area (Å²) in [7, 11) is 1.50. The van der Waals surface area contributed by atoms with Crippen molar-refractivity contribution in [3.63, 3.8) is 0 Å². The molecule has 0 saturated heterocycles. The second kappa shape index (κ2) is 7.47. The SMILES string of the molecule is COc1cc(Oc2ccccc2)ccc1NC(=O)CC1(C(=O)O)CCC1. The number of ether oxygens (including phenoxy) is 2. The van der Waals surface area contributed by atoms with Crippen molar-refractivity contribution >= 4 is 17.6 Å². The molecule has 0 aromatic heterocycles. The molecule has 0 heterocycles. The minimum absolute atomic E-state index is 0.0340. The van der Waals surface area contributed by atoms with Gasteiger partial charge in [0, 0.05) is 12.5 Å². The van der Waals surface area contributed by atoms with Crippen LogP contribution < -0.4 is 14.8 Å². The third-order valence-electron chi connectivity index (χ3n) is 4.69. The van der Waals surface area contributed by atoms with Gasteiger partial charge in [-0.2, -0.15) is 0 Å². The van der Waals surface area contributed by atoms with Crippen molar-refractivity contribution in [2.45, 2.75) is 25.7 Å². The van der Waals surface area contributed by atoms with Crippen LogP contribution >= 0.6 is 0 Å². The summed E-state index contributed by atoms with van der Waals surface area (Å²) in [5, 5.41) is 12.1. The van der Waals surface area contributed by atoms with E-state index >= 15 is 0 Å². The van der Waals surface area contributed by atoms with Crippen molar-refractivity contribution in [3.05, 3.63) is 48.5 Å². The van der Waals surface area contributed by atoms with Gasteiger partial charge < -0.3 is 19.9 Å². The molecule has 2 N–H and O–H groups in total. The summed E-state index contributed by atoms with van der Waals surface area (Å²) in [5.74, 6) is 0.483. The number of para-hydroxylation sites is 1. The predicted octanol–water partition coefficient (Wildman–Crippen LogP) is 4.07. The number of hydrogen-bond acceptors (Lipinski definition) is 4. The standard InChI is InChI=1S/C20H21NO5/c1-25-17-12-15(26-14-6-3-2-4-7-14)8-9-16(17)21-18(22)13-20(19(23)24)10-5-11-20/h2-4,6-9,12H,5,10-11,13H2,1H3,(H,21,22)(H,23,24). The van der Waals surface area contributed by atoms with Gasteiger partial charge in [-0.05, 0) is 37.1 Å². The number of anilines is 1. The summed E-state index contributed by atoms with van der Waals surface area (Å²) in [6, 6.07) is 14.4. The summed E-state index contributed by atoms with van der Waals surface area (Å²) in [6.45, 7) is 0. The Kier molecular flexibility index (Phi) is 5.11. The van der Waals surface area contributed by atoms with Gasteiger partial charge in [0.05, 0.1) is 18.2 Å². The molecule has 6 heteroatoms. The van der Waals surface area contributed by atoms with Gasteiger partial charge in [-0.15, -0.1) is 0 Å². The number of hydrogen-bond donors (Lipinski definition) is 2. The van der Waals surface area contributed by atoms with Gasteiger partial charge in [-0.25, -0.2) is 0 Å². The molecule has 136 valence electrons. The van der Waals surface area contributed by atoms with Gasteiger partial charge in [0.15, 0.2) is 0 Å². The number of carbonyl (C=O) groups excluding carboxylic acids is 1. The molecule has 1 amide bonds. The molecule has 0 atom stereocenters. The van der Waals surface area contributed by atoms with Gasteiger partial charge in [0.1, 0.15) is 17.2 Å². The first kappa shape index (κ1) is 17.8. The maximum absolute atomic E-state index is 12.3. The number of nitrogens with one attached hydrogen (secondary N) is 1. The number of methoxy groups -OCH3 is 1. The van der Waals surface area contributed by atoms with Gasteiger partial charge in [-0.1, -0.05) is 24.6 Å². The number of amides is 1. The molecule has 2 aromatic rings. The van der Waals surface area contributed by atoms with E-state index < -0.39 is 11.4 Å². The van der Waals surface area contributed by atoms with E-state index in [1.165, 1.54) is 7.11 Å². The molecule has 2 aromatic carbocycles. The van der Waals surface area contributed by atoms with Crippen molar-refractivity contribution in [2.24, 2.45) is 5.41 Å². The van der Waals surface area contributed by atoms with E-state index in [0.29, 0.717) is 35.8 Å². The van der Waals surface area contributed by atoms with Crippen LogP contribution in [0.15, 0.2) is 48.5 Å². The number of carboxylic acids is 1. The van der Waals surface area contributed by atoms with Crippen LogP contribution in [-0.4, -0.2) is 24.1 Å². The fourth-order valence-electron chi connectivity index (χ4n) is 3.03. The van der Waals surface area contributed by atoms with E-state index in [1.54, 1.807) is 18.2 Å². The first-order valence-corrected chi connectivity index (χ1v) is 8.47. The Morgan fingerprint density at radius 2 is 1.85 bits per heavy atom. The highest BCUT2D eigenvalue weighted by Gasteiger charge is 2.45. The Morgan fingerprint density at radius 3 is 2.42 bits per heavy atom. The predicted molar refractivity (Wildman–Crippen MR) is 96.7 cm³/mol. The van der Waals surface area contributed by atoms with E-state index in [9.17, 15) is 14.7 Å². The Labute approximate surface area is 151 Å². The number of carboxylic acid groups (broad SMARTS) is 1. The maximum atomic E-state index is 12.3. The number of benzene rings is 2. The van der Waals surface area contributed by atoms with Gasteiger partial charge in [-0.3, -0.25) is 9.59 Å². The molecule has 1 aliphatic carbocycles. The Hall–Kier alpha value is -3.02. The number of aliphatic carboxylic acids is 1. The summed E-state index contributed by atoms with van der Waals surface area (Å²) in [5.41, 5.74) is -0.439. The zero-order valence-corrected chi connectivity index (χ0v) is 14.5. The van der Waals surface area contributed by atoms with E-state index in [0.717, 1.165) is 6.42 Å². The zero-order chi connectivity index (χ0) is 18.6. The third kappa shape index (κ3) is 3.79. The third-order valence-corrected chi connectivity index (χ3v) is 4.69. The second-order valence-electron chi connectivity index (χ2n) is 6.44. The number of rotatable bonds is 7. The minimum Gasteiger partial charge on any atom is -0.494 e. The van der Waals surface area contributed by atoms with Crippen LogP contribution in [-0.2, 0) is 9.59 Å². The van der Waals surface area contributed by atoms with Crippen molar-refractivity contribution < 1.29 is 24.2 Å². The minimum atomic E-state index is -0.923. The maximum Gasteiger partial charge on any atom is 0.310 e. The van der Waals surface area contributed by atoms with Crippen LogP contribution in [0, 0.1) is 5.41 Å². The van der Waals surface area contributed by atoms with Crippen LogP contribution in [0.2, 0.25) is 0 Å².